The van der Waals surface area contributed by atoms with Gasteiger partial charge in [0.15, 0.2) is 0 Å². The average molecular weight is 363 g/mol. The van der Waals surface area contributed by atoms with Gasteiger partial charge in [0.2, 0.25) is 0 Å². The van der Waals surface area contributed by atoms with E-state index in [4.69, 9.17) is 0 Å². The van der Waals surface area contributed by atoms with E-state index in [2.05, 4.69) is 19.1 Å². The number of hydrogen-bond donors (Lipinski definition) is 0. The molecule has 0 amide bonds. The Bertz CT molecular complexity index is 390. The van der Waals surface area contributed by atoms with Gasteiger partial charge in [0.25, 0.3) is 0 Å². The van der Waals surface area contributed by atoms with Crippen LogP contribution in [-0.2, 0) is 0 Å². The zero-order valence-electron chi connectivity index (χ0n) is 17.3. The molecule has 0 atom stereocenters. The number of halogens is 1. The molecule has 0 aromatic rings. The Balaban J connectivity index is 1.34. The quantitative estimate of drug-likeness (QED) is 0.401. The van der Waals surface area contributed by atoms with Gasteiger partial charge >= 0.3 is 0 Å². The molecular weight excluding hydrogens is 319 g/mol. The van der Waals surface area contributed by atoms with Crippen LogP contribution >= 0.6 is 0 Å². The van der Waals surface area contributed by atoms with Gasteiger partial charge in [-0.15, -0.1) is 0 Å². The van der Waals surface area contributed by atoms with E-state index in [0.717, 1.165) is 35.5 Å². The second-order valence-electron chi connectivity index (χ2n) is 9.83. The largest absolute Gasteiger partial charge is 0.251 e. The molecule has 0 N–H and O–H groups in total. The molecule has 0 unspecified atom stereocenters. The predicted octanol–water partition coefficient (Wildman–Crippen LogP) is 8.12. The number of rotatable bonds is 7. The molecule has 0 aromatic heterocycles. The highest BCUT2D eigenvalue weighted by atomic mass is 19.1. The minimum Gasteiger partial charge on any atom is -0.251 e. The van der Waals surface area contributed by atoms with E-state index >= 15 is 0 Å². The third kappa shape index (κ3) is 5.83. The van der Waals surface area contributed by atoms with Crippen molar-refractivity contribution in [1.29, 1.82) is 0 Å². The molecular formula is C25H43F. The Morgan fingerprint density at radius 3 is 1.62 bits per heavy atom. The molecule has 3 fully saturated rings. The molecule has 26 heavy (non-hydrogen) atoms. The molecule has 150 valence electrons. The summed E-state index contributed by atoms with van der Waals surface area (Å²) < 4.78 is 12.2. The molecule has 3 saturated carbocycles. The van der Waals surface area contributed by atoms with Crippen LogP contribution in [0.5, 0.6) is 0 Å². The Kier molecular flexibility index (Phi) is 8.53. The van der Waals surface area contributed by atoms with Crippen molar-refractivity contribution in [2.45, 2.75) is 103 Å². The van der Waals surface area contributed by atoms with E-state index in [9.17, 15) is 4.39 Å². The molecule has 3 aliphatic carbocycles. The third-order valence-electron chi connectivity index (χ3n) is 8.24. The maximum Gasteiger partial charge on any atom is 0.0928 e. The van der Waals surface area contributed by atoms with Gasteiger partial charge in [-0.25, -0.2) is 0 Å². The summed E-state index contributed by atoms with van der Waals surface area (Å²) in [5, 5.41) is 0. The highest BCUT2D eigenvalue weighted by molar-refractivity contribution is 4.93. The lowest BCUT2D eigenvalue weighted by molar-refractivity contribution is 0.107. The van der Waals surface area contributed by atoms with E-state index in [1.54, 1.807) is 0 Å². The molecule has 0 aromatic carbocycles. The minimum atomic E-state index is -0.199. The van der Waals surface area contributed by atoms with Gasteiger partial charge in [-0.3, -0.25) is 4.39 Å². The highest BCUT2D eigenvalue weighted by Crippen LogP contribution is 2.46. The predicted molar refractivity (Wildman–Crippen MR) is 111 cm³/mol. The third-order valence-corrected chi connectivity index (χ3v) is 8.24. The topological polar surface area (TPSA) is 0 Å². The van der Waals surface area contributed by atoms with Gasteiger partial charge in [-0.2, -0.15) is 0 Å². The van der Waals surface area contributed by atoms with Crippen molar-refractivity contribution in [1.82, 2.24) is 0 Å². The van der Waals surface area contributed by atoms with Crippen molar-refractivity contribution in [3.8, 4) is 0 Å². The molecule has 0 nitrogen and oxygen atoms in total. The van der Waals surface area contributed by atoms with Crippen molar-refractivity contribution in [2.75, 3.05) is 6.67 Å². The maximum absolute atomic E-state index is 12.2. The van der Waals surface area contributed by atoms with Crippen molar-refractivity contribution < 1.29 is 4.39 Å². The minimum absolute atomic E-state index is 0.199. The van der Waals surface area contributed by atoms with E-state index in [-0.39, 0.29) is 6.67 Å². The Hall–Kier alpha value is -0.330. The summed E-state index contributed by atoms with van der Waals surface area (Å²) in [6.07, 6.45) is 25.7. The van der Waals surface area contributed by atoms with Gasteiger partial charge < -0.3 is 0 Å². The smallest absolute Gasteiger partial charge is 0.0928 e. The van der Waals surface area contributed by atoms with Gasteiger partial charge in [-0.05, 0) is 106 Å². The van der Waals surface area contributed by atoms with Crippen molar-refractivity contribution >= 4 is 0 Å². The first kappa shape index (κ1) is 20.4. The second-order valence-corrected chi connectivity index (χ2v) is 9.83. The SMILES string of the molecule is CCCC1CCC(C2CCC(C3CCC(C=CCCF)CC3)CC2)CC1. The highest BCUT2D eigenvalue weighted by Gasteiger charge is 2.34. The molecule has 3 aliphatic rings. The molecule has 3 rings (SSSR count). The Labute approximate surface area is 162 Å². The lowest BCUT2D eigenvalue weighted by atomic mass is 9.65. The summed E-state index contributed by atoms with van der Waals surface area (Å²) in [7, 11) is 0. The van der Waals surface area contributed by atoms with E-state index in [1.165, 1.54) is 89.9 Å². The fourth-order valence-electron chi connectivity index (χ4n) is 6.60. The molecule has 1 heteroatoms. The van der Waals surface area contributed by atoms with Crippen LogP contribution < -0.4 is 0 Å². The molecule has 0 bridgehead atoms. The normalized spacial score (nSPS) is 39.3. The van der Waals surface area contributed by atoms with Crippen molar-refractivity contribution in [3.05, 3.63) is 12.2 Å². The van der Waals surface area contributed by atoms with Gasteiger partial charge in [0.05, 0.1) is 6.67 Å². The van der Waals surface area contributed by atoms with Gasteiger partial charge in [0, 0.05) is 0 Å². The molecule has 0 saturated heterocycles. The lowest BCUT2D eigenvalue weighted by Gasteiger charge is -2.41. The number of hydrogen-bond acceptors (Lipinski definition) is 0. The summed E-state index contributed by atoms with van der Waals surface area (Å²) in [6.45, 7) is 2.15. The number of alkyl halides is 1. The van der Waals surface area contributed by atoms with Crippen LogP contribution in [-0.4, -0.2) is 6.67 Å². The van der Waals surface area contributed by atoms with Gasteiger partial charge in [-0.1, -0.05) is 44.8 Å². The van der Waals surface area contributed by atoms with E-state index in [1.807, 2.05) is 0 Å². The van der Waals surface area contributed by atoms with Crippen LogP contribution in [0.4, 0.5) is 4.39 Å². The second kappa shape index (κ2) is 10.9. The summed E-state index contributed by atoms with van der Waals surface area (Å²) in [4.78, 5) is 0. The van der Waals surface area contributed by atoms with E-state index < -0.39 is 0 Å². The zero-order valence-corrected chi connectivity index (χ0v) is 17.3. The summed E-state index contributed by atoms with van der Waals surface area (Å²) in [5.41, 5.74) is 0. The summed E-state index contributed by atoms with van der Waals surface area (Å²) >= 11 is 0. The Morgan fingerprint density at radius 2 is 1.15 bits per heavy atom. The van der Waals surface area contributed by atoms with Crippen LogP contribution in [0.3, 0.4) is 0 Å². The lowest BCUT2D eigenvalue weighted by Crippen LogP contribution is -2.29. The fourth-order valence-corrected chi connectivity index (χ4v) is 6.60. The molecule has 0 aliphatic heterocycles. The fraction of sp³-hybridized carbons (Fsp3) is 0.920. The van der Waals surface area contributed by atoms with Crippen molar-refractivity contribution in [3.63, 3.8) is 0 Å². The van der Waals surface area contributed by atoms with Crippen LogP contribution in [0.15, 0.2) is 12.2 Å². The van der Waals surface area contributed by atoms with Crippen LogP contribution in [0.1, 0.15) is 103 Å². The van der Waals surface area contributed by atoms with Crippen molar-refractivity contribution in [2.24, 2.45) is 35.5 Å². The average Bonchev–Trinajstić information content (AvgIpc) is 2.70. The first-order chi connectivity index (χ1) is 12.8. The summed E-state index contributed by atoms with van der Waals surface area (Å²) in [6, 6.07) is 0. The standard InChI is InChI=1S/C25H43F/c1-2-5-20-7-11-22(12-8-20)24-15-17-25(18-16-24)23-13-9-21(10-14-23)6-3-4-19-26/h3,6,20-25H,2,4-5,7-19H2,1H3. The van der Waals surface area contributed by atoms with E-state index in [0.29, 0.717) is 6.42 Å². The first-order valence-electron chi connectivity index (χ1n) is 12.0. The Morgan fingerprint density at radius 1 is 0.692 bits per heavy atom. The number of allylic oxidation sites excluding steroid dienone is 2. The monoisotopic (exact) mass is 362 g/mol. The maximum atomic E-state index is 12.2. The first-order valence-corrected chi connectivity index (χ1v) is 12.0. The van der Waals surface area contributed by atoms with Crippen LogP contribution in [0.2, 0.25) is 0 Å². The van der Waals surface area contributed by atoms with Crippen LogP contribution in [0.25, 0.3) is 0 Å². The zero-order chi connectivity index (χ0) is 18.2. The molecule has 0 heterocycles. The summed E-state index contributed by atoms with van der Waals surface area (Å²) in [5.74, 6) is 5.96. The van der Waals surface area contributed by atoms with Crippen LogP contribution in [0, 0.1) is 35.5 Å². The molecule has 0 radical (unpaired) electrons. The van der Waals surface area contributed by atoms with Gasteiger partial charge in [0.1, 0.15) is 0 Å². The molecule has 0 spiro atoms.